The molecule has 32 heavy (non-hydrogen) atoms. The summed E-state index contributed by atoms with van der Waals surface area (Å²) in [6, 6.07) is 8.36. The lowest BCUT2D eigenvalue weighted by Gasteiger charge is -2.14. The second-order valence-corrected chi connectivity index (χ2v) is 8.06. The van der Waals surface area contributed by atoms with Gasteiger partial charge in [0.1, 0.15) is 16.6 Å². The minimum atomic E-state index is -0.676. The van der Waals surface area contributed by atoms with Crippen molar-refractivity contribution in [3.05, 3.63) is 57.0 Å². The minimum absolute atomic E-state index is 0.143. The smallest absolute Gasteiger partial charge is 0.271 e. The molecule has 10 nitrogen and oxygen atoms in total. The van der Waals surface area contributed by atoms with E-state index in [1.54, 1.807) is 24.3 Å². The summed E-state index contributed by atoms with van der Waals surface area (Å²) in [4.78, 5) is 36.8. The summed E-state index contributed by atoms with van der Waals surface area (Å²) in [5, 5.41) is 23.1. The Labute approximate surface area is 192 Å². The number of hydrogen-bond donors (Lipinski definition) is 2. The van der Waals surface area contributed by atoms with Crippen LogP contribution in [0.2, 0.25) is 0 Å². The van der Waals surface area contributed by atoms with Gasteiger partial charge in [0, 0.05) is 12.1 Å². The van der Waals surface area contributed by atoms with Gasteiger partial charge in [-0.15, -0.1) is 0 Å². The number of thioether (sulfide) groups is 1. The Kier molecular flexibility index (Phi) is 6.95. The van der Waals surface area contributed by atoms with E-state index >= 15 is 0 Å². The number of rotatable bonds is 7. The van der Waals surface area contributed by atoms with Crippen LogP contribution in [0.5, 0.6) is 17.2 Å². The van der Waals surface area contributed by atoms with Crippen molar-refractivity contribution in [2.24, 2.45) is 0 Å². The molecule has 1 aliphatic rings. The van der Waals surface area contributed by atoms with Crippen LogP contribution < -0.4 is 14.8 Å². The Bertz CT molecular complexity index is 1150. The molecule has 3 rings (SSSR count). The lowest BCUT2D eigenvalue weighted by Crippen LogP contribution is -2.36. The van der Waals surface area contributed by atoms with E-state index in [2.05, 4.69) is 5.32 Å². The number of amides is 2. The fourth-order valence-electron chi connectivity index (χ4n) is 2.80. The average Bonchev–Trinajstić information content (AvgIpc) is 3.02. The monoisotopic (exact) mass is 475 g/mol. The highest BCUT2D eigenvalue weighted by Crippen LogP contribution is 2.35. The first-order chi connectivity index (χ1) is 15.2. The molecule has 0 unspecified atom stereocenters. The summed E-state index contributed by atoms with van der Waals surface area (Å²) >= 11 is 6.26. The van der Waals surface area contributed by atoms with Gasteiger partial charge in [-0.3, -0.25) is 24.6 Å². The van der Waals surface area contributed by atoms with Crippen LogP contribution in [0.4, 0.5) is 11.4 Å². The van der Waals surface area contributed by atoms with Crippen LogP contribution >= 0.6 is 24.0 Å². The molecule has 2 amide bonds. The molecule has 12 heteroatoms. The fourth-order valence-corrected chi connectivity index (χ4v) is 4.06. The predicted molar refractivity (Wildman–Crippen MR) is 123 cm³/mol. The minimum Gasteiger partial charge on any atom is -0.506 e. The summed E-state index contributed by atoms with van der Waals surface area (Å²) in [5.41, 5.74) is 0.228. The normalized spacial score (nSPS) is 14.6. The van der Waals surface area contributed by atoms with Crippen LogP contribution in [0, 0.1) is 10.1 Å². The molecule has 0 spiro atoms. The lowest BCUT2D eigenvalue weighted by atomic mass is 10.2. The number of nitrogens with zero attached hydrogens (tertiary/aromatic N) is 2. The number of hydrogen-bond acceptors (Lipinski definition) is 9. The van der Waals surface area contributed by atoms with Crippen molar-refractivity contribution in [3.8, 4) is 17.2 Å². The topological polar surface area (TPSA) is 131 Å². The third-order valence-corrected chi connectivity index (χ3v) is 5.72. The fraction of sp³-hybridized carbons (Fsp3) is 0.150. The number of ether oxygens (including phenoxy) is 2. The van der Waals surface area contributed by atoms with Crippen molar-refractivity contribution in [2.75, 3.05) is 26.1 Å². The van der Waals surface area contributed by atoms with Crippen LogP contribution in [0.15, 0.2) is 41.3 Å². The zero-order valence-electron chi connectivity index (χ0n) is 16.9. The largest absolute Gasteiger partial charge is 0.506 e. The van der Waals surface area contributed by atoms with Gasteiger partial charge in [-0.25, -0.2) is 0 Å². The number of carbonyl (C=O) groups excluding carboxylic acids is 2. The number of thiocarbonyl (C=S) groups is 1. The van der Waals surface area contributed by atoms with Gasteiger partial charge in [-0.2, -0.15) is 0 Å². The number of carbonyl (C=O) groups is 2. The van der Waals surface area contributed by atoms with Crippen molar-refractivity contribution in [1.82, 2.24) is 4.90 Å². The van der Waals surface area contributed by atoms with Gasteiger partial charge in [0.05, 0.1) is 29.7 Å². The van der Waals surface area contributed by atoms with E-state index in [4.69, 9.17) is 21.7 Å². The number of phenols is 1. The molecular weight excluding hydrogens is 458 g/mol. The molecule has 0 atom stereocenters. The standard InChI is InChI=1S/C20H17N3O7S2/c1-29-15-6-3-11(7-16(15)30-2)8-17-19(26)22(20(31)32-17)10-18(25)21-13-9-12(23(27)28)4-5-14(13)24/h3-9,24H,10H2,1-2H3,(H,21,25)/b17-8-. The quantitative estimate of drug-likeness (QED) is 0.204. The molecule has 1 aliphatic heterocycles. The lowest BCUT2D eigenvalue weighted by molar-refractivity contribution is -0.384. The average molecular weight is 476 g/mol. The molecule has 2 N–H and O–H groups in total. The molecule has 1 fully saturated rings. The Balaban J connectivity index is 1.74. The number of nitro groups is 1. The molecule has 2 aromatic carbocycles. The third kappa shape index (κ3) is 4.98. The molecule has 0 saturated carbocycles. The molecule has 2 aromatic rings. The van der Waals surface area contributed by atoms with Crippen LogP contribution in [-0.2, 0) is 9.59 Å². The zero-order valence-corrected chi connectivity index (χ0v) is 18.5. The number of aromatic hydroxyl groups is 1. The maximum absolute atomic E-state index is 12.8. The second kappa shape index (κ2) is 9.66. The van der Waals surface area contributed by atoms with Crippen molar-refractivity contribution in [1.29, 1.82) is 0 Å². The number of nitro benzene ring substituents is 1. The summed E-state index contributed by atoms with van der Waals surface area (Å²) in [5.74, 6) is -0.452. The molecule has 166 valence electrons. The number of methoxy groups -OCH3 is 2. The van der Waals surface area contributed by atoms with Crippen molar-refractivity contribution in [3.63, 3.8) is 0 Å². The number of anilines is 1. The van der Waals surface area contributed by atoms with Gasteiger partial charge in [0.2, 0.25) is 5.91 Å². The molecule has 0 bridgehead atoms. The van der Waals surface area contributed by atoms with Gasteiger partial charge in [-0.1, -0.05) is 30.0 Å². The van der Waals surface area contributed by atoms with Gasteiger partial charge in [-0.05, 0) is 29.8 Å². The van der Waals surface area contributed by atoms with Gasteiger partial charge >= 0.3 is 0 Å². The molecule has 1 saturated heterocycles. The van der Waals surface area contributed by atoms with Gasteiger partial charge in [0.25, 0.3) is 11.6 Å². The highest BCUT2D eigenvalue weighted by Gasteiger charge is 2.33. The maximum Gasteiger partial charge on any atom is 0.271 e. The van der Waals surface area contributed by atoms with Crippen molar-refractivity contribution in [2.45, 2.75) is 0 Å². The number of phenolic OH excluding ortho intramolecular Hbond substituents is 1. The number of non-ortho nitro benzene ring substituents is 1. The summed E-state index contributed by atoms with van der Waals surface area (Å²) in [6.45, 7) is -0.421. The van der Waals surface area contributed by atoms with Crippen molar-refractivity contribution >= 4 is 57.6 Å². The van der Waals surface area contributed by atoms with E-state index in [0.717, 1.165) is 34.9 Å². The Hall–Kier alpha value is -3.64. The first-order valence-electron chi connectivity index (χ1n) is 8.98. The molecule has 0 radical (unpaired) electrons. The number of benzene rings is 2. The first kappa shape index (κ1) is 23.0. The first-order valence-corrected chi connectivity index (χ1v) is 10.2. The molecule has 0 aromatic heterocycles. The molecule has 0 aliphatic carbocycles. The van der Waals surface area contributed by atoms with E-state index in [1.807, 2.05) is 0 Å². The molecular formula is C20H17N3O7S2. The Morgan fingerprint density at radius 3 is 2.62 bits per heavy atom. The van der Waals surface area contributed by atoms with Crippen LogP contribution in [0.3, 0.4) is 0 Å². The third-order valence-electron chi connectivity index (χ3n) is 4.35. The summed E-state index contributed by atoms with van der Waals surface area (Å²) in [7, 11) is 3.01. The van der Waals surface area contributed by atoms with Crippen LogP contribution in [0.25, 0.3) is 6.08 Å². The highest BCUT2D eigenvalue weighted by molar-refractivity contribution is 8.26. The summed E-state index contributed by atoms with van der Waals surface area (Å²) in [6.07, 6.45) is 1.62. The Morgan fingerprint density at radius 1 is 1.25 bits per heavy atom. The van der Waals surface area contributed by atoms with E-state index in [1.165, 1.54) is 14.2 Å². The predicted octanol–water partition coefficient (Wildman–Crippen LogP) is 3.16. The number of nitrogens with one attached hydrogen (secondary N) is 1. The van der Waals surface area contributed by atoms with Crippen molar-refractivity contribution < 1.29 is 29.1 Å². The zero-order chi connectivity index (χ0) is 23.4. The maximum atomic E-state index is 12.8. The van der Waals surface area contributed by atoms with Gasteiger partial charge < -0.3 is 19.9 Å². The highest BCUT2D eigenvalue weighted by atomic mass is 32.2. The van der Waals surface area contributed by atoms with Gasteiger partial charge in [0.15, 0.2) is 11.5 Å². The van der Waals surface area contributed by atoms with E-state index in [0.29, 0.717) is 22.0 Å². The van der Waals surface area contributed by atoms with Crippen LogP contribution in [-0.4, -0.2) is 51.8 Å². The summed E-state index contributed by atoms with van der Waals surface area (Å²) < 4.78 is 10.6. The van der Waals surface area contributed by atoms with Crippen LogP contribution in [0.1, 0.15) is 5.56 Å². The Morgan fingerprint density at radius 2 is 1.97 bits per heavy atom. The van der Waals surface area contributed by atoms with E-state index < -0.39 is 23.3 Å². The van der Waals surface area contributed by atoms with E-state index in [-0.39, 0.29) is 21.4 Å². The van der Waals surface area contributed by atoms with E-state index in [9.17, 15) is 24.8 Å². The second-order valence-electron chi connectivity index (χ2n) is 6.39. The SMILES string of the molecule is COc1ccc(/C=C2\SC(=S)N(CC(=O)Nc3cc([N+](=O)[O-])ccc3O)C2=O)cc1OC. The molecule has 1 heterocycles.